The molecule has 0 bridgehead atoms. The maximum Gasteiger partial charge on any atom is 0.225 e. The van der Waals surface area contributed by atoms with Gasteiger partial charge in [-0.05, 0) is 25.3 Å². The molecule has 1 atom stereocenters. The molecule has 14 heavy (non-hydrogen) atoms. The number of amides is 1. The standard InChI is InChI=1S/C11H24N2O/c1-9(8-12)6-5-7-13-10(14)11(2,3)4/h9H,5-8,12H2,1-4H3,(H,13,14). The van der Waals surface area contributed by atoms with Crippen LogP contribution in [0, 0.1) is 11.3 Å². The third-order valence-corrected chi connectivity index (χ3v) is 2.24. The van der Waals surface area contributed by atoms with Gasteiger partial charge in [-0.2, -0.15) is 0 Å². The first-order valence-electron chi connectivity index (χ1n) is 5.36. The number of nitrogens with two attached hydrogens (primary N) is 1. The van der Waals surface area contributed by atoms with Crippen LogP contribution in [0.3, 0.4) is 0 Å². The molecule has 0 aromatic rings. The summed E-state index contributed by atoms with van der Waals surface area (Å²) in [5.74, 6) is 0.680. The molecule has 0 aromatic carbocycles. The molecule has 0 saturated carbocycles. The summed E-state index contributed by atoms with van der Waals surface area (Å²) in [6, 6.07) is 0. The van der Waals surface area contributed by atoms with Crippen molar-refractivity contribution in [3.63, 3.8) is 0 Å². The van der Waals surface area contributed by atoms with E-state index in [4.69, 9.17) is 5.73 Å². The van der Waals surface area contributed by atoms with Gasteiger partial charge in [0.15, 0.2) is 0 Å². The zero-order valence-electron chi connectivity index (χ0n) is 9.89. The van der Waals surface area contributed by atoms with E-state index in [2.05, 4.69) is 12.2 Å². The van der Waals surface area contributed by atoms with Gasteiger partial charge in [-0.15, -0.1) is 0 Å². The summed E-state index contributed by atoms with van der Waals surface area (Å²) in [5, 5.41) is 2.92. The molecule has 3 heteroatoms. The van der Waals surface area contributed by atoms with Crippen molar-refractivity contribution in [3.05, 3.63) is 0 Å². The van der Waals surface area contributed by atoms with Gasteiger partial charge in [-0.25, -0.2) is 0 Å². The maximum atomic E-state index is 11.4. The zero-order chi connectivity index (χ0) is 11.2. The number of rotatable bonds is 5. The molecule has 0 aliphatic rings. The predicted molar refractivity (Wildman–Crippen MR) is 59.9 cm³/mol. The van der Waals surface area contributed by atoms with Crippen molar-refractivity contribution in [1.82, 2.24) is 5.32 Å². The van der Waals surface area contributed by atoms with Crippen LogP contribution in [-0.2, 0) is 4.79 Å². The second-order valence-corrected chi connectivity index (χ2v) is 4.99. The normalized spacial score (nSPS) is 13.8. The molecule has 0 aliphatic heterocycles. The van der Waals surface area contributed by atoms with Crippen molar-refractivity contribution >= 4 is 5.91 Å². The molecule has 0 radical (unpaired) electrons. The fourth-order valence-corrected chi connectivity index (χ4v) is 1.04. The SMILES string of the molecule is CC(CN)CCCNC(=O)C(C)(C)C. The molecule has 0 fully saturated rings. The molecule has 84 valence electrons. The van der Waals surface area contributed by atoms with Crippen LogP contribution < -0.4 is 11.1 Å². The first-order chi connectivity index (χ1) is 6.38. The highest BCUT2D eigenvalue weighted by Crippen LogP contribution is 2.12. The third kappa shape index (κ3) is 5.97. The molecule has 0 aromatic heterocycles. The van der Waals surface area contributed by atoms with Crippen LogP contribution in [0.1, 0.15) is 40.5 Å². The van der Waals surface area contributed by atoms with E-state index < -0.39 is 0 Å². The summed E-state index contributed by atoms with van der Waals surface area (Å²) >= 11 is 0. The number of nitrogens with one attached hydrogen (secondary N) is 1. The highest BCUT2D eigenvalue weighted by molar-refractivity contribution is 5.81. The van der Waals surface area contributed by atoms with Crippen molar-refractivity contribution in [2.24, 2.45) is 17.1 Å². The Morgan fingerprint density at radius 1 is 1.43 bits per heavy atom. The highest BCUT2D eigenvalue weighted by atomic mass is 16.2. The molecular weight excluding hydrogens is 176 g/mol. The molecule has 0 heterocycles. The minimum atomic E-state index is -0.278. The van der Waals surface area contributed by atoms with E-state index in [0.29, 0.717) is 5.92 Å². The molecule has 0 spiro atoms. The highest BCUT2D eigenvalue weighted by Gasteiger charge is 2.20. The van der Waals surface area contributed by atoms with Gasteiger partial charge in [-0.1, -0.05) is 27.7 Å². The van der Waals surface area contributed by atoms with Crippen LogP contribution in [0.2, 0.25) is 0 Å². The average Bonchev–Trinajstić information content (AvgIpc) is 2.09. The Labute approximate surface area is 87.4 Å². The van der Waals surface area contributed by atoms with E-state index in [1.807, 2.05) is 20.8 Å². The van der Waals surface area contributed by atoms with Crippen molar-refractivity contribution in [3.8, 4) is 0 Å². The van der Waals surface area contributed by atoms with Crippen LogP contribution in [0.15, 0.2) is 0 Å². The Morgan fingerprint density at radius 3 is 2.43 bits per heavy atom. The smallest absolute Gasteiger partial charge is 0.225 e. The summed E-state index contributed by atoms with van der Waals surface area (Å²) in [6.45, 7) is 9.39. The van der Waals surface area contributed by atoms with Gasteiger partial charge < -0.3 is 11.1 Å². The summed E-state index contributed by atoms with van der Waals surface area (Å²) in [5.41, 5.74) is 5.22. The van der Waals surface area contributed by atoms with E-state index in [0.717, 1.165) is 25.9 Å². The second kappa shape index (κ2) is 6.02. The quantitative estimate of drug-likeness (QED) is 0.661. The third-order valence-electron chi connectivity index (χ3n) is 2.24. The first kappa shape index (κ1) is 13.4. The molecular formula is C11H24N2O. The minimum Gasteiger partial charge on any atom is -0.356 e. The Kier molecular flexibility index (Phi) is 5.77. The van der Waals surface area contributed by atoms with Gasteiger partial charge in [-0.3, -0.25) is 4.79 Å². The summed E-state index contributed by atoms with van der Waals surface area (Å²) in [4.78, 5) is 11.4. The Hall–Kier alpha value is -0.570. The molecule has 3 nitrogen and oxygen atoms in total. The monoisotopic (exact) mass is 200 g/mol. The first-order valence-corrected chi connectivity index (χ1v) is 5.36. The van der Waals surface area contributed by atoms with E-state index in [-0.39, 0.29) is 11.3 Å². The maximum absolute atomic E-state index is 11.4. The molecule has 0 aliphatic carbocycles. The van der Waals surface area contributed by atoms with Crippen LogP contribution >= 0.6 is 0 Å². The van der Waals surface area contributed by atoms with E-state index in [9.17, 15) is 4.79 Å². The number of hydrogen-bond acceptors (Lipinski definition) is 2. The lowest BCUT2D eigenvalue weighted by atomic mass is 9.95. The van der Waals surface area contributed by atoms with Crippen molar-refractivity contribution in [1.29, 1.82) is 0 Å². The Morgan fingerprint density at radius 2 is 2.00 bits per heavy atom. The zero-order valence-corrected chi connectivity index (χ0v) is 9.89. The molecule has 3 N–H and O–H groups in total. The van der Waals surface area contributed by atoms with E-state index >= 15 is 0 Å². The lowest BCUT2D eigenvalue weighted by Crippen LogP contribution is -2.35. The van der Waals surface area contributed by atoms with Crippen LogP contribution in [0.5, 0.6) is 0 Å². The molecule has 0 rings (SSSR count). The van der Waals surface area contributed by atoms with Gasteiger partial charge >= 0.3 is 0 Å². The summed E-state index contributed by atoms with van der Waals surface area (Å²) in [6.07, 6.45) is 2.10. The van der Waals surface area contributed by atoms with Crippen molar-refractivity contribution < 1.29 is 4.79 Å². The molecule has 1 amide bonds. The van der Waals surface area contributed by atoms with Crippen molar-refractivity contribution in [2.45, 2.75) is 40.5 Å². The lowest BCUT2D eigenvalue weighted by Gasteiger charge is -2.17. The lowest BCUT2D eigenvalue weighted by molar-refractivity contribution is -0.128. The molecule has 0 saturated heterocycles. The topological polar surface area (TPSA) is 55.1 Å². The van der Waals surface area contributed by atoms with Crippen LogP contribution in [-0.4, -0.2) is 19.0 Å². The van der Waals surface area contributed by atoms with Gasteiger partial charge in [0.2, 0.25) is 5.91 Å². The average molecular weight is 200 g/mol. The predicted octanol–water partition coefficient (Wildman–Crippen LogP) is 1.52. The van der Waals surface area contributed by atoms with E-state index in [1.54, 1.807) is 0 Å². The van der Waals surface area contributed by atoms with Crippen LogP contribution in [0.4, 0.5) is 0 Å². The number of hydrogen-bond donors (Lipinski definition) is 2. The summed E-state index contributed by atoms with van der Waals surface area (Å²) < 4.78 is 0. The Balaban J connectivity index is 3.51. The fourth-order valence-electron chi connectivity index (χ4n) is 1.04. The van der Waals surface area contributed by atoms with Gasteiger partial charge in [0.25, 0.3) is 0 Å². The second-order valence-electron chi connectivity index (χ2n) is 4.99. The molecule has 1 unspecified atom stereocenters. The minimum absolute atomic E-state index is 0.123. The van der Waals surface area contributed by atoms with E-state index in [1.165, 1.54) is 0 Å². The largest absolute Gasteiger partial charge is 0.356 e. The number of carbonyl (C=O) groups excluding carboxylic acids is 1. The van der Waals surface area contributed by atoms with Gasteiger partial charge in [0.05, 0.1) is 0 Å². The Bertz CT molecular complexity index is 173. The van der Waals surface area contributed by atoms with Gasteiger partial charge in [0, 0.05) is 12.0 Å². The van der Waals surface area contributed by atoms with Crippen LogP contribution in [0.25, 0.3) is 0 Å². The summed E-state index contributed by atoms with van der Waals surface area (Å²) in [7, 11) is 0. The fraction of sp³-hybridized carbons (Fsp3) is 0.909. The van der Waals surface area contributed by atoms with Crippen molar-refractivity contribution in [2.75, 3.05) is 13.1 Å². The number of carbonyl (C=O) groups is 1. The van der Waals surface area contributed by atoms with Gasteiger partial charge in [0.1, 0.15) is 0 Å².